The maximum atomic E-state index is 12.6. The van der Waals surface area contributed by atoms with Crippen LogP contribution in [0.4, 0.5) is 0 Å². The van der Waals surface area contributed by atoms with Gasteiger partial charge in [0.05, 0.1) is 0 Å². The molecule has 130 valence electrons. The maximum absolute atomic E-state index is 12.6. The predicted octanol–water partition coefficient (Wildman–Crippen LogP) is 2.54. The summed E-state index contributed by atoms with van der Waals surface area (Å²) in [4.78, 5) is 33.7. The first kappa shape index (κ1) is 17.7. The van der Waals surface area contributed by atoms with Crippen molar-refractivity contribution in [2.75, 3.05) is 0 Å². The topological polar surface area (TPSA) is 69.8 Å². The molecule has 0 bridgehead atoms. The first-order valence-corrected chi connectivity index (χ1v) is 9.12. The molecule has 0 unspecified atom stereocenters. The summed E-state index contributed by atoms with van der Waals surface area (Å²) < 4.78 is 2.48. The summed E-state index contributed by atoms with van der Waals surface area (Å²) in [7, 11) is 3.08. The highest BCUT2D eigenvalue weighted by atomic mass is 35.5. The molecule has 0 aliphatic rings. The van der Waals surface area contributed by atoms with Crippen LogP contribution in [0, 0.1) is 0 Å². The Kier molecular flexibility index (Phi) is 4.96. The van der Waals surface area contributed by atoms with Crippen molar-refractivity contribution in [3.05, 3.63) is 61.5 Å². The first-order valence-electron chi connectivity index (χ1n) is 7.76. The van der Waals surface area contributed by atoms with Crippen LogP contribution < -0.4 is 11.2 Å². The van der Waals surface area contributed by atoms with Gasteiger partial charge in [0.15, 0.2) is 5.65 Å². The lowest BCUT2D eigenvalue weighted by Gasteiger charge is -2.11. The molecule has 0 aliphatic heterocycles. The summed E-state index contributed by atoms with van der Waals surface area (Å²) >= 11 is 7.37. The van der Waals surface area contributed by atoms with Crippen LogP contribution in [0.1, 0.15) is 18.3 Å². The van der Waals surface area contributed by atoms with E-state index in [4.69, 9.17) is 11.6 Å². The van der Waals surface area contributed by atoms with E-state index in [0.29, 0.717) is 39.1 Å². The van der Waals surface area contributed by atoms with Gasteiger partial charge in [0.25, 0.3) is 5.56 Å². The number of aryl methyl sites for hydroxylation is 2. The Balaban J connectivity index is 2.14. The van der Waals surface area contributed by atoms with Crippen molar-refractivity contribution in [2.45, 2.75) is 24.1 Å². The number of rotatable bonds is 4. The number of hydrogen-bond donors (Lipinski definition) is 0. The fraction of sp³-hybridized carbons (Fsp3) is 0.294. The molecular weight excluding hydrogens is 360 g/mol. The molecule has 0 amide bonds. The van der Waals surface area contributed by atoms with Crippen molar-refractivity contribution < 1.29 is 0 Å². The second kappa shape index (κ2) is 7.01. The van der Waals surface area contributed by atoms with Crippen LogP contribution in [0.25, 0.3) is 11.0 Å². The molecular formula is C17H17ClN4O2S. The highest BCUT2D eigenvalue weighted by molar-refractivity contribution is 7.98. The number of hydrogen-bond acceptors (Lipinski definition) is 5. The highest BCUT2D eigenvalue weighted by Crippen LogP contribution is 2.26. The second-order valence-corrected chi connectivity index (χ2v) is 7.02. The van der Waals surface area contributed by atoms with Gasteiger partial charge in [0.2, 0.25) is 0 Å². The third kappa shape index (κ3) is 3.34. The largest absolute Gasteiger partial charge is 0.332 e. The van der Waals surface area contributed by atoms with Crippen molar-refractivity contribution in [2.24, 2.45) is 14.1 Å². The summed E-state index contributed by atoms with van der Waals surface area (Å²) in [6.45, 7) is 1.94. The molecule has 0 atom stereocenters. The van der Waals surface area contributed by atoms with E-state index >= 15 is 0 Å². The Labute approximate surface area is 153 Å². The quantitative estimate of drug-likeness (QED) is 0.517. The molecule has 3 rings (SSSR count). The molecule has 1 aromatic carbocycles. The van der Waals surface area contributed by atoms with Crippen LogP contribution in [0.15, 0.2) is 38.9 Å². The molecule has 2 aromatic heterocycles. The average molecular weight is 377 g/mol. The van der Waals surface area contributed by atoms with Crippen LogP contribution in [0.3, 0.4) is 0 Å². The summed E-state index contributed by atoms with van der Waals surface area (Å²) in [6, 6.07) is 7.53. The molecule has 0 fully saturated rings. The number of benzene rings is 1. The second-order valence-electron chi connectivity index (χ2n) is 5.62. The summed E-state index contributed by atoms with van der Waals surface area (Å²) in [5, 5.41) is 1.65. The molecule has 25 heavy (non-hydrogen) atoms. The van der Waals surface area contributed by atoms with Gasteiger partial charge < -0.3 is 0 Å². The zero-order valence-electron chi connectivity index (χ0n) is 14.1. The van der Waals surface area contributed by atoms with Gasteiger partial charge in [-0.05, 0) is 17.7 Å². The van der Waals surface area contributed by atoms with Crippen LogP contribution in [0.5, 0.6) is 0 Å². The molecule has 2 heterocycles. The minimum absolute atomic E-state index is 0.374. The Bertz CT molecular complexity index is 1060. The van der Waals surface area contributed by atoms with E-state index in [2.05, 4.69) is 9.97 Å². The minimum atomic E-state index is -0.396. The summed E-state index contributed by atoms with van der Waals surface area (Å²) in [6.07, 6.45) is 0.619. The molecule has 0 saturated carbocycles. The van der Waals surface area contributed by atoms with Gasteiger partial charge in [-0.25, -0.2) is 14.8 Å². The lowest BCUT2D eigenvalue weighted by molar-refractivity contribution is 0.698. The Morgan fingerprint density at radius 2 is 1.76 bits per heavy atom. The van der Waals surface area contributed by atoms with Gasteiger partial charge in [-0.15, -0.1) is 11.8 Å². The molecule has 0 radical (unpaired) electrons. The molecule has 0 spiro atoms. The molecule has 0 aliphatic carbocycles. The van der Waals surface area contributed by atoms with Gasteiger partial charge >= 0.3 is 5.69 Å². The fourth-order valence-electron chi connectivity index (χ4n) is 2.47. The van der Waals surface area contributed by atoms with Gasteiger partial charge in [-0.1, -0.05) is 30.7 Å². The van der Waals surface area contributed by atoms with Crippen LogP contribution in [-0.4, -0.2) is 19.1 Å². The third-order valence-electron chi connectivity index (χ3n) is 3.92. The van der Waals surface area contributed by atoms with Crippen molar-refractivity contribution in [3.63, 3.8) is 0 Å². The minimum Gasteiger partial charge on any atom is -0.280 e. The smallest absolute Gasteiger partial charge is 0.280 e. The van der Waals surface area contributed by atoms with Crippen molar-refractivity contribution in [1.82, 2.24) is 19.1 Å². The lowest BCUT2D eigenvalue weighted by Crippen LogP contribution is -2.37. The highest BCUT2D eigenvalue weighted by Gasteiger charge is 2.17. The van der Waals surface area contributed by atoms with Gasteiger partial charge in [-0.2, -0.15) is 0 Å². The molecule has 0 saturated heterocycles. The fourth-order valence-corrected chi connectivity index (χ4v) is 3.58. The monoisotopic (exact) mass is 376 g/mol. The van der Waals surface area contributed by atoms with Crippen LogP contribution in [-0.2, 0) is 26.3 Å². The normalized spacial score (nSPS) is 11.2. The lowest BCUT2D eigenvalue weighted by atomic mass is 10.2. The van der Waals surface area contributed by atoms with E-state index in [-0.39, 0.29) is 5.56 Å². The molecule has 3 aromatic rings. The number of fused-ring (bicyclic) bond motifs is 1. The van der Waals surface area contributed by atoms with Crippen molar-refractivity contribution in [3.8, 4) is 0 Å². The zero-order valence-corrected chi connectivity index (χ0v) is 15.7. The van der Waals surface area contributed by atoms with E-state index in [1.54, 1.807) is 7.05 Å². The summed E-state index contributed by atoms with van der Waals surface area (Å²) in [5.74, 6) is 1.24. The number of halogens is 1. The van der Waals surface area contributed by atoms with Gasteiger partial charge in [0, 0.05) is 31.3 Å². The van der Waals surface area contributed by atoms with Gasteiger partial charge in [0.1, 0.15) is 16.2 Å². The maximum Gasteiger partial charge on any atom is 0.332 e. The van der Waals surface area contributed by atoms with E-state index in [1.165, 1.54) is 23.4 Å². The van der Waals surface area contributed by atoms with Crippen LogP contribution >= 0.6 is 23.4 Å². The molecule has 6 nitrogen and oxygen atoms in total. The number of thioether (sulfide) groups is 1. The SMILES string of the molecule is CCc1nc(SCc2ccc(Cl)cc2)c2c(=O)n(C)c(=O)n(C)c2n1. The zero-order chi connectivity index (χ0) is 18.1. The predicted molar refractivity (Wildman–Crippen MR) is 100 cm³/mol. The first-order chi connectivity index (χ1) is 11.9. The van der Waals surface area contributed by atoms with Crippen molar-refractivity contribution in [1.29, 1.82) is 0 Å². The van der Waals surface area contributed by atoms with Crippen LogP contribution in [0.2, 0.25) is 5.02 Å². The van der Waals surface area contributed by atoms with Gasteiger partial charge in [-0.3, -0.25) is 13.9 Å². The Hall–Kier alpha value is -2.12. The molecule has 0 N–H and O–H groups in total. The third-order valence-corrected chi connectivity index (χ3v) is 5.22. The molecule has 8 heteroatoms. The Morgan fingerprint density at radius 3 is 2.40 bits per heavy atom. The van der Waals surface area contributed by atoms with E-state index in [1.807, 2.05) is 31.2 Å². The van der Waals surface area contributed by atoms with E-state index < -0.39 is 5.69 Å². The standard InChI is InChI=1S/C17H17ClN4O2S/c1-4-12-19-14-13(16(23)22(3)17(24)21(14)2)15(20-12)25-9-10-5-7-11(18)8-6-10/h5-8H,4,9H2,1-3H3. The summed E-state index contributed by atoms with van der Waals surface area (Å²) in [5.41, 5.74) is 0.672. The number of nitrogens with zero attached hydrogens (tertiary/aromatic N) is 4. The van der Waals surface area contributed by atoms with E-state index in [0.717, 1.165) is 10.1 Å². The number of aromatic nitrogens is 4. The van der Waals surface area contributed by atoms with Crippen molar-refractivity contribution >= 4 is 34.4 Å². The average Bonchev–Trinajstić information content (AvgIpc) is 2.63. The van der Waals surface area contributed by atoms with E-state index in [9.17, 15) is 9.59 Å². The Morgan fingerprint density at radius 1 is 1.08 bits per heavy atom.